The van der Waals surface area contributed by atoms with Crippen molar-refractivity contribution in [1.82, 2.24) is 5.32 Å². The fourth-order valence-electron chi connectivity index (χ4n) is 1.18. The molecule has 1 aromatic rings. The highest BCUT2D eigenvalue weighted by Gasteiger charge is 1.99. The van der Waals surface area contributed by atoms with Crippen LogP contribution in [0.5, 0.6) is 0 Å². The second kappa shape index (κ2) is 5.14. The lowest BCUT2D eigenvalue weighted by Crippen LogP contribution is -2.20. The molecule has 0 amide bonds. The van der Waals surface area contributed by atoms with Crippen LogP contribution < -0.4 is 10.6 Å². The van der Waals surface area contributed by atoms with E-state index in [-0.39, 0.29) is 5.37 Å². The summed E-state index contributed by atoms with van der Waals surface area (Å²) in [5.41, 5.74) is 2.44. The molecule has 0 aliphatic rings. The van der Waals surface area contributed by atoms with Crippen molar-refractivity contribution in [1.29, 1.82) is 0 Å². The molecule has 0 bridgehead atoms. The van der Waals surface area contributed by atoms with Crippen LogP contribution in [0, 0.1) is 0 Å². The van der Waals surface area contributed by atoms with Crippen LogP contribution in [0.15, 0.2) is 24.3 Å². The number of nitrogens with one attached hydrogen (secondary N) is 2. The van der Waals surface area contributed by atoms with E-state index in [2.05, 4.69) is 35.4 Å². The number of rotatable bonds is 4. The minimum atomic E-state index is 0.227. The SMILES string of the molecule is CNc1ccccc1CNC(C)S. The molecule has 3 heteroatoms. The molecule has 2 N–H and O–H groups in total. The Balaban J connectivity index is 2.64. The number of anilines is 1. The van der Waals surface area contributed by atoms with Gasteiger partial charge in [0.15, 0.2) is 0 Å². The van der Waals surface area contributed by atoms with E-state index in [1.807, 2.05) is 26.1 Å². The summed E-state index contributed by atoms with van der Waals surface area (Å²) in [6.45, 7) is 2.87. The zero-order chi connectivity index (χ0) is 9.68. The Kier molecular flexibility index (Phi) is 4.12. The molecule has 1 aromatic carbocycles. The van der Waals surface area contributed by atoms with E-state index >= 15 is 0 Å². The Hall–Kier alpha value is -0.670. The van der Waals surface area contributed by atoms with Crippen LogP contribution in [-0.2, 0) is 6.54 Å². The Labute approximate surface area is 85.1 Å². The molecule has 1 rings (SSSR count). The zero-order valence-electron chi connectivity index (χ0n) is 8.04. The first kappa shape index (κ1) is 10.4. The van der Waals surface area contributed by atoms with Gasteiger partial charge in [0.2, 0.25) is 0 Å². The Morgan fingerprint density at radius 1 is 1.38 bits per heavy atom. The van der Waals surface area contributed by atoms with E-state index in [1.165, 1.54) is 11.3 Å². The summed E-state index contributed by atoms with van der Waals surface area (Å²) in [4.78, 5) is 0. The molecular formula is C10H16N2S. The number of hydrogen-bond donors (Lipinski definition) is 3. The standard InChI is InChI=1S/C10H16N2S/c1-8(13)12-7-9-5-3-4-6-10(9)11-2/h3-6,8,11-13H,7H2,1-2H3. The van der Waals surface area contributed by atoms with Gasteiger partial charge in [-0.05, 0) is 18.6 Å². The third kappa shape index (κ3) is 3.28. The Morgan fingerprint density at radius 2 is 2.08 bits per heavy atom. The van der Waals surface area contributed by atoms with Gasteiger partial charge in [-0.3, -0.25) is 0 Å². The molecule has 1 unspecified atom stereocenters. The van der Waals surface area contributed by atoms with Gasteiger partial charge in [-0.25, -0.2) is 0 Å². The summed E-state index contributed by atoms with van der Waals surface area (Å²) in [5, 5.41) is 6.64. The van der Waals surface area contributed by atoms with Crippen molar-refractivity contribution < 1.29 is 0 Å². The van der Waals surface area contributed by atoms with Gasteiger partial charge in [0.05, 0.1) is 0 Å². The summed E-state index contributed by atoms with van der Waals surface area (Å²) in [6, 6.07) is 8.25. The molecule has 0 spiro atoms. The molecule has 0 radical (unpaired) electrons. The molecule has 0 saturated carbocycles. The summed E-state index contributed by atoms with van der Waals surface area (Å²) >= 11 is 4.26. The molecule has 0 aromatic heterocycles. The molecule has 0 saturated heterocycles. The number of hydrogen-bond acceptors (Lipinski definition) is 3. The van der Waals surface area contributed by atoms with E-state index in [9.17, 15) is 0 Å². The van der Waals surface area contributed by atoms with Crippen molar-refractivity contribution in [2.24, 2.45) is 0 Å². The van der Waals surface area contributed by atoms with Gasteiger partial charge in [0.1, 0.15) is 0 Å². The largest absolute Gasteiger partial charge is 0.388 e. The van der Waals surface area contributed by atoms with Crippen molar-refractivity contribution >= 4 is 18.3 Å². The lowest BCUT2D eigenvalue weighted by molar-refractivity contribution is 0.692. The van der Waals surface area contributed by atoms with Gasteiger partial charge in [-0.1, -0.05) is 18.2 Å². The van der Waals surface area contributed by atoms with E-state index in [4.69, 9.17) is 0 Å². The van der Waals surface area contributed by atoms with Crippen LogP contribution in [0.4, 0.5) is 5.69 Å². The van der Waals surface area contributed by atoms with E-state index in [0.29, 0.717) is 0 Å². The molecular weight excluding hydrogens is 180 g/mol. The van der Waals surface area contributed by atoms with Crippen molar-refractivity contribution in [2.45, 2.75) is 18.8 Å². The first-order valence-corrected chi connectivity index (χ1v) is 4.93. The maximum absolute atomic E-state index is 4.26. The van der Waals surface area contributed by atoms with Crippen LogP contribution in [0.3, 0.4) is 0 Å². The Bertz CT molecular complexity index is 261. The monoisotopic (exact) mass is 196 g/mol. The summed E-state index contributed by atoms with van der Waals surface area (Å²) in [7, 11) is 1.93. The smallest absolute Gasteiger partial charge is 0.0476 e. The molecule has 13 heavy (non-hydrogen) atoms. The molecule has 0 fully saturated rings. The molecule has 72 valence electrons. The molecule has 0 heterocycles. The van der Waals surface area contributed by atoms with E-state index in [1.54, 1.807) is 0 Å². The van der Waals surface area contributed by atoms with Crippen molar-refractivity contribution in [3.8, 4) is 0 Å². The van der Waals surface area contributed by atoms with Crippen molar-refractivity contribution in [2.75, 3.05) is 12.4 Å². The highest BCUT2D eigenvalue weighted by Crippen LogP contribution is 2.13. The predicted octanol–water partition coefficient (Wildman–Crippen LogP) is 2.09. The summed E-state index contributed by atoms with van der Waals surface area (Å²) < 4.78 is 0. The Morgan fingerprint density at radius 3 is 2.69 bits per heavy atom. The van der Waals surface area contributed by atoms with E-state index in [0.717, 1.165) is 6.54 Å². The van der Waals surface area contributed by atoms with Gasteiger partial charge in [-0.2, -0.15) is 12.6 Å². The first-order chi connectivity index (χ1) is 6.24. The average Bonchev–Trinajstić information content (AvgIpc) is 2.15. The third-order valence-electron chi connectivity index (χ3n) is 1.87. The second-order valence-corrected chi connectivity index (χ2v) is 3.74. The fraction of sp³-hybridized carbons (Fsp3) is 0.400. The summed E-state index contributed by atoms with van der Waals surface area (Å²) in [5.74, 6) is 0. The first-order valence-electron chi connectivity index (χ1n) is 4.41. The minimum Gasteiger partial charge on any atom is -0.388 e. The zero-order valence-corrected chi connectivity index (χ0v) is 8.94. The highest BCUT2D eigenvalue weighted by molar-refractivity contribution is 7.80. The maximum atomic E-state index is 4.26. The number of benzene rings is 1. The van der Waals surface area contributed by atoms with Gasteiger partial charge < -0.3 is 10.6 Å². The van der Waals surface area contributed by atoms with Gasteiger partial charge in [0.25, 0.3) is 0 Å². The lowest BCUT2D eigenvalue weighted by atomic mass is 10.2. The van der Waals surface area contributed by atoms with E-state index < -0.39 is 0 Å². The van der Waals surface area contributed by atoms with Crippen LogP contribution in [0.25, 0.3) is 0 Å². The van der Waals surface area contributed by atoms with Crippen molar-refractivity contribution in [3.05, 3.63) is 29.8 Å². The van der Waals surface area contributed by atoms with Crippen LogP contribution in [0.1, 0.15) is 12.5 Å². The van der Waals surface area contributed by atoms with Gasteiger partial charge in [0, 0.05) is 24.7 Å². The molecule has 0 aliphatic heterocycles. The minimum absolute atomic E-state index is 0.227. The predicted molar refractivity (Wildman–Crippen MR) is 61.3 cm³/mol. The summed E-state index contributed by atoms with van der Waals surface area (Å²) in [6.07, 6.45) is 0. The highest BCUT2D eigenvalue weighted by atomic mass is 32.1. The quantitative estimate of drug-likeness (QED) is 0.507. The fourth-order valence-corrected chi connectivity index (χ4v) is 1.27. The number of para-hydroxylation sites is 1. The number of thiol groups is 1. The van der Waals surface area contributed by atoms with Crippen LogP contribution in [0.2, 0.25) is 0 Å². The normalized spacial score (nSPS) is 12.5. The lowest BCUT2D eigenvalue weighted by Gasteiger charge is -2.11. The third-order valence-corrected chi connectivity index (χ3v) is 2.06. The van der Waals surface area contributed by atoms with Gasteiger partial charge >= 0.3 is 0 Å². The molecule has 0 aliphatic carbocycles. The topological polar surface area (TPSA) is 24.1 Å². The molecule has 2 nitrogen and oxygen atoms in total. The average molecular weight is 196 g/mol. The van der Waals surface area contributed by atoms with Crippen LogP contribution >= 0.6 is 12.6 Å². The molecule has 1 atom stereocenters. The van der Waals surface area contributed by atoms with Crippen molar-refractivity contribution in [3.63, 3.8) is 0 Å². The second-order valence-electron chi connectivity index (χ2n) is 2.96. The van der Waals surface area contributed by atoms with Gasteiger partial charge in [-0.15, -0.1) is 0 Å². The maximum Gasteiger partial charge on any atom is 0.0476 e. The van der Waals surface area contributed by atoms with Crippen LogP contribution in [-0.4, -0.2) is 12.4 Å².